The fourth-order valence-corrected chi connectivity index (χ4v) is 6.29. The first-order valence-corrected chi connectivity index (χ1v) is 19.3. The molecule has 0 bridgehead atoms. The summed E-state index contributed by atoms with van der Waals surface area (Å²) in [5.74, 6) is -2.45. The molecule has 0 heterocycles. The number of hydrogen-bond acceptors (Lipinski definition) is 6. The van der Waals surface area contributed by atoms with Gasteiger partial charge in [-0.3, -0.25) is 9.59 Å². The molecule has 1 amide bonds. The Morgan fingerprint density at radius 3 is 1.84 bits per heavy atom. The zero-order chi connectivity index (χ0) is 38.7. The van der Waals surface area contributed by atoms with Crippen molar-refractivity contribution in [1.82, 2.24) is 5.32 Å². The van der Waals surface area contributed by atoms with E-state index in [1.54, 1.807) is 0 Å². The van der Waals surface area contributed by atoms with Crippen LogP contribution in [0.3, 0.4) is 0 Å². The minimum Gasteiger partial charge on any atom is -0.461 e. The monoisotopic (exact) mass is 697 g/mol. The van der Waals surface area contributed by atoms with Gasteiger partial charge in [-0.25, -0.2) is 4.79 Å². The van der Waals surface area contributed by atoms with Gasteiger partial charge in [0.1, 0.15) is 18.8 Å². The van der Waals surface area contributed by atoms with Crippen molar-refractivity contribution in [3.63, 3.8) is 0 Å². The molecule has 0 saturated carbocycles. The summed E-state index contributed by atoms with van der Waals surface area (Å²) in [5.41, 5.74) is 1.85. The molecule has 50 heavy (non-hydrogen) atoms. The molecule has 0 fully saturated rings. The van der Waals surface area contributed by atoms with Crippen LogP contribution in [0.1, 0.15) is 152 Å². The fourth-order valence-electron chi connectivity index (χ4n) is 6.29. The summed E-state index contributed by atoms with van der Waals surface area (Å²) in [6.45, 7) is 4.03. The van der Waals surface area contributed by atoms with Crippen molar-refractivity contribution in [1.29, 1.82) is 0 Å². The Morgan fingerprint density at radius 2 is 1.26 bits per heavy atom. The van der Waals surface area contributed by atoms with E-state index in [0.29, 0.717) is 19.3 Å². The quantitative estimate of drug-likeness (QED) is 0.0497. The van der Waals surface area contributed by atoms with Crippen molar-refractivity contribution in [3.05, 3.63) is 71.8 Å². The van der Waals surface area contributed by atoms with Gasteiger partial charge in [-0.05, 0) is 42.7 Å². The van der Waals surface area contributed by atoms with Gasteiger partial charge >= 0.3 is 11.9 Å². The fraction of sp³-hybridized carbons (Fsp3) is 0.651. The van der Waals surface area contributed by atoms with Gasteiger partial charge in [0.2, 0.25) is 6.41 Å². The molecular formula is C43H67NO6. The van der Waals surface area contributed by atoms with Gasteiger partial charge in [0.05, 0.1) is 18.6 Å². The zero-order valence-electron chi connectivity index (χ0n) is 34.1. The first-order valence-electron chi connectivity index (χ1n) is 20.8. The number of unbranched alkanes of at least 4 members (excludes halogenated alkanes) is 11. The van der Waals surface area contributed by atoms with Crippen LogP contribution in [0.25, 0.3) is 0 Å². The summed E-state index contributed by atoms with van der Waals surface area (Å²) < 4.78 is 42.1. The number of rotatable bonds is 30. The lowest BCUT2D eigenvalue weighted by molar-refractivity contribution is -0.162. The highest BCUT2D eigenvalue weighted by Gasteiger charge is 2.34. The standard InChI is InChI=1S/C43H67NO6/c1-5-7-9-11-12-13-14-15-22-28-38(50-43(47)40(44-34-45)30-35(3)4)31-41(48-32-36-24-18-16-19-25-36)39(29-23-10-8-6-2)42(46)49-33-37-26-20-17-21-27-37/h16-21,24-27,34-35,38-41H,5-15,22-23,28-33H2,1-4H3,(H,44,45)/t38-,39-,40-,41-/m1/s1/i3D3/t35?,38-,39-,40-,41-. The Morgan fingerprint density at radius 1 is 0.720 bits per heavy atom. The SMILES string of the molecule is [2H]C([2H])([2H])C(C)C[C@@H](NC=O)C(=O)O[C@H](CCCCCCCCCCC)C[C@@H](OCc1ccccc1)[C@@H](CCCCCC)C(=O)OCc1ccccc1. The third kappa shape index (κ3) is 19.3. The third-order valence-corrected chi connectivity index (χ3v) is 9.20. The summed E-state index contributed by atoms with van der Waals surface area (Å²) in [6.07, 6.45) is 14.6. The van der Waals surface area contributed by atoms with E-state index in [4.69, 9.17) is 18.3 Å². The van der Waals surface area contributed by atoms with Crippen LogP contribution >= 0.6 is 0 Å². The lowest BCUT2D eigenvalue weighted by atomic mass is 9.90. The first kappa shape index (κ1) is 38.1. The lowest BCUT2D eigenvalue weighted by Crippen LogP contribution is -2.42. The van der Waals surface area contributed by atoms with Gasteiger partial charge in [-0.2, -0.15) is 0 Å². The molecule has 5 atom stereocenters. The van der Waals surface area contributed by atoms with Crippen LogP contribution in [0, 0.1) is 11.8 Å². The van der Waals surface area contributed by atoms with Gasteiger partial charge in [0.25, 0.3) is 0 Å². The maximum absolute atomic E-state index is 14.0. The highest BCUT2D eigenvalue weighted by Crippen LogP contribution is 2.27. The van der Waals surface area contributed by atoms with E-state index in [9.17, 15) is 14.4 Å². The van der Waals surface area contributed by atoms with Gasteiger partial charge in [-0.1, -0.05) is 165 Å². The van der Waals surface area contributed by atoms with Crippen LogP contribution in [-0.4, -0.2) is 36.6 Å². The number of benzene rings is 2. The third-order valence-electron chi connectivity index (χ3n) is 9.20. The Kier molecular flexibility index (Phi) is 20.9. The number of ether oxygens (including phenoxy) is 3. The van der Waals surface area contributed by atoms with Crippen molar-refractivity contribution in [2.75, 3.05) is 0 Å². The van der Waals surface area contributed by atoms with E-state index < -0.39 is 42.9 Å². The highest BCUT2D eigenvalue weighted by molar-refractivity contribution is 5.78. The van der Waals surface area contributed by atoms with E-state index in [1.807, 2.05) is 60.7 Å². The van der Waals surface area contributed by atoms with Crippen LogP contribution in [-0.2, 0) is 41.8 Å². The van der Waals surface area contributed by atoms with E-state index in [-0.39, 0.29) is 32.0 Å². The summed E-state index contributed by atoms with van der Waals surface area (Å²) in [6, 6.07) is 18.2. The molecule has 0 radical (unpaired) electrons. The van der Waals surface area contributed by atoms with E-state index in [0.717, 1.165) is 62.5 Å². The predicted octanol–water partition coefficient (Wildman–Crippen LogP) is 10.3. The molecule has 1 unspecified atom stereocenters. The number of amides is 1. The van der Waals surface area contributed by atoms with Crippen molar-refractivity contribution < 1.29 is 32.7 Å². The second-order valence-electron chi connectivity index (χ2n) is 13.8. The topological polar surface area (TPSA) is 90.9 Å². The average Bonchev–Trinajstić information content (AvgIpc) is 3.15. The zero-order valence-corrected chi connectivity index (χ0v) is 31.1. The van der Waals surface area contributed by atoms with Crippen LogP contribution < -0.4 is 5.32 Å². The number of nitrogens with one attached hydrogen (secondary N) is 1. The molecule has 2 aromatic carbocycles. The van der Waals surface area contributed by atoms with Gasteiger partial charge < -0.3 is 19.5 Å². The molecule has 0 aliphatic carbocycles. The first-order chi connectivity index (χ1) is 25.6. The minimum absolute atomic E-state index is 0.0847. The van der Waals surface area contributed by atoms with Crippen molar-refractivity contribution in [2.24, 2.45) is 11.8 Å². The lowest BCUT2D eigenvalue weighted by Gasteiger charge is -2.30. The Bertz CT molecular complexity index is 1250. The maximum Gasteiger partial charge on any atom is 0.328 e. The van der Waals surface area contributed by atoms with E-state index >= 15 is 0 Å². The summed E-state index contributed by atoms with van der Waals surface area (Å²) in [5, 5.41) is 2.50. The van der Waals surface area contributed by atoms with Crippen molar-refractivity contribution >= 4 is 18.3 Å². The highest BCUT2D eigenvalue weighted by atomic mass is 16.6. The molecule has 0 aliphatic heterocycles. The second kappa shape index (κ2) is 27.5. The smallest absolute Gasteiger partial charge is 0.328 e. The normalized spacial score (nSPS) is 15.4. The van der Waals surface area contributed by atoms with Crippen LogP contribution in [0.5, 0.6) is 0 Å². The average molecular weight is 697 g/mol. The summed E-state index contributed by atoms with van der Waals surface area (Å²) in [4.78, 5) is 39.2. The molecule has 2 aromatic rings. The number of esters is 2. The maximum atomic E-state index is 14.0. The van der Waals surface area contributed by atoms with Gasteiger partial charge in [0.15, 0.2) is 0 Å². The molecule has 7 nitrogen and oxygen atoms in total. The largest absolute Gasteiger partial charge is 0.461 e. The van der Waals surface area contributed by atoms with Gasteiger partial charge in [0, 0.05) is 10.5 Å². The predicted molar refractivity (Wildman–Crippen MR) is 202 cm³/mol. The molecule has 0 spiro atoms. The van der Waals surface area contributed by atoms with E-state index in [2.05, 4.69) is 19.2 Å². The van der Waals surface area contributed by atoms with Gasteiger partial charge in [-0.15, -0.1) is 0 Å². The van der Waals surface area contributed by atoms with Crippen molar-refractivity contribution in [2.45, 2.75) is 168 Å². The second-order valence-corrected chi connectivity index (χ2v) is 13.8. The summed E-state index contributed by atoms with van der Waals surface area (Å²) >= 11 is 0. The molecule has 0 aliphatic rings. The van der Waals surface area contributed by atoms with E-state index in [1.165, 1.54) is 39.0 Å². The Labute approximate surface area is 307 Å². The van der Waals surface area contributed by atoms with Crippen molar-refractivity contribution in [3.8, 4) is 0 Å². The molecule has 0 saturated heterocycles. The summed E-state index contributed by atoms with van der Waals surface area (Å²) in [7, 11) is 0. The molecule has 2 rings (SSSR count). The molecule has 280 valence electrons. The molecule has 1 N–H and O–H groups in total. The molecular weight excluding hydrogens is 626 g/mol. The Balaban J connectivity index is 2.35. The Hall–Kier alpha value is -3.19. The van der Waals surface area contributed by atoms with Crippen LogP contribution in [0.2, 0.25) is 0 Å². The molecule has 7 heteroatoms. The van der Waals surface area contributed by atoms with Crippen LogP contribution in [0.15, 0.2) is 60.7 Å². The minimum atomic E-state index is -2.29. The number of hydrogen-bond donors (Lipinski definition) is 1. The number of carbonyl (C=O) groups excluding carboxylic acids is 3. The molecule has 0 aromatic heterocycles. The number of carbonyl (C=O) groups is 3. The van der Waals surface area contributed by atoms with Crippen LogP contribution in [0.4, 0.5) is 0 Å².